The number of rotatable bonds is 4. The second kappa shape index (κ2) is 7.56. The monoisotopic (exact) mass is 392 g/mol. The van der Waals surface area contributed by atoms with Crippen molar-refractivity contribution in [1.82, 2.24) is 10.2 Å². The van der Waals surface area contributed by atoms with Crippen LogP contribution in [0.2, 0.25) is 0 Å². The lowest BCUT2D eigenvalue weighted by Crippen LogP contribution is -2.56. The summed E-state index contributed by atoms with van der Waals surface area (Å²) in [4.78, 5) is 14.5. The lowest BCUT2D eigenvalue weighted by molar-refractivity contribution is -0.137. The van der Waals surface area contributed by atoms with E-state index >= 15 is 0 Å². The molecule has 2 heterocycles. The molecule has 0 bridgehead atoms. The van der Waals surface area contributed by atoms with Crippen molar-refractivity contribution in [3.63, 3.8) is 0 Å². The third-order valence-corrected chi connectivity index (χ3v) is 6.61. The normalized spacial score (nSPS) is 19.8. The zero-order valence-corrected chi connectivity index (χ0v) is 17.3. The molecule has 1 fully saturated rings. The summed E-state index contributed by atoms with van der Waals surface area (Å²) in [5, 5.41) is 6.03. The molecule has 2 aromatic carbocycles. The predicted molar refractivity (Wildman–Crippen MR) is 115 cm³/mol. The number of ether oxygens (including phenoxy) is 1. The molecule has 5 heteroatoms. The van der Waals surface area contributed by atoms with Crippen LogP contribution in [0.1, 0.15) is 31.4 Å². The summed E-state index contributed by atoms with van der Waals surface area (Å²) >= 11 is 1.80. The molecule has 1 aliphatic rings. The fraction of sp³-hybridized carbons (Fsp3) is 0.348. The maximum Gasteiger partial charge on any atom is 0.225 e. The summed E-state index contributed by atoms with van der Waals surface area (Å²) in [6.45, 7) is 5.68. The molecule has 3 aromatic rings. The van der Waals surface area contributed by atoms with E-state index in [2.05, 4.69) is 60.5 Å². The molecule has 1 aromatic heterocycles. The number of nitrogens with zero attached hydrogens (tertiary/aromatic N) is 1. The molecule has 1 aliphatic heterocycles. The minimum absolute atomic E-state index is 0.161. The van der Waals surface area contributed by atoms with Crippen molar-refractivity contribution >= 4 is 37.4 Å². The first kappa shape index (κ1) is 18.9. The van der Waals surface area contributed by atoms with Crippen LogP contribution in [0.15, 0.2) is 36.4 Å². The Morgan fingerprint density at radius 1 is 1.21 bits per heavy atom. The van der Waals surface area contributed by atoms with Crippen LogP contribution in [-0.2, 0) is 15.1 Å². The number of carbonyl (C=O) groups excluding carboxylic acids is 1. The molecule has 1 unspecified atom stereocenters. The van der Waals surface area contributed by atoms with Gasteiger partial charge in [-0.05, 0) is 49.7 Å². The van der Waals surface area contributed by atoms with Gasteiger partial charge in [0.1, 0.15) is 0 Å². The number of hydrogen-bond donors (Lipinski definition) is 1. The van der Waals surface area contributed by atoms with Crippen LogP contribution in [0.25, 0.3) is 20.2 Å². The topological polar surface area (TPSA) is 41.6 Å². The van der Waals surface area contributed by atoms with E-state index in [4.69, 9.17) is 4.74 Å². The number of thiophene rings is 1. The van der Waals surface area contributed by atoms with Crippen LogP contribution in [0.5, 0.6) is 0 Å². The molecule has 0 spiro atoms. The number of benzene rings is 2. The van der Waals surface area contributed by atoms with Crippen molar-refractivity contribution in [1.29, 1.82) is 0 Å². The molecule has 1 N–H and O–H groups in total. The van der Waals surface area contributed by atoms with Gasteiger partial charge in [-0.2, -0.15) is 0 Å². The molecule has 28 heavy (non-hydrogen) atoms. The minimum atomic E-state index is -0.371. The molecule has 1 amide bonds. The number of fused-ring (bicyclic) bond motifs is 3. The zero-order chi connectivity index (χ0) is 19.7. The summed E-state index contributed by atoms with van der Waals surface area (Å²) in [7, 11) is 1.66. The third-order valence-electron chi connectivity index (χ3n) is 5.46. The number of methoxy groups -OCH3 is 1. The Morgan fingerprint density at radius 2 is 1.96 bits per heavy atom. The molecule has 144 valence electrons. The first-order valence-corrected chi connectivity index (χ1v) is 10.3. The Bertz CT molecular complexity index is 1110. The van der Waals surface area contributed by atoms with Crippen LogP contribution < -0.4 is 5.32 Å². The van der Waals surface area contributed by atoms with Gasteiger partial charge in [0.05, 0.1) is 18.8 Å². The van der Waals surface area contributed by atoms with Gasteiger partial charge in [-0.25, -0.2) is 0 Å². The van der Waals surface area contributed by atoms with E-state index < -0.39 is 0 Å². The number of amides is 1. The van der Waals surface area contributed by atoms with E-state index in [1.165, 1.54) is 20.2 Å². The minimum Gasteiger partial charge on any atom is -0.383 e. The maximum absolute atomic E-state index is 12.6. The van der Waals surface area contributed by atoms with Crippen LogP contribution in [-0.4, -0.2) is 37.7 Å². The molecule has 0 radical (unpaired) electrons. The van der Waals surface area contributed by atoms with Gasteiger partial charge in [0, 0.05) is 45.8 Å². The van der Waals surface area contributed by atoms with Crippen molar-refractivity contribution in [3.05, 3.63) is 47.5 Å². The molecule has 0 aliphatic carbocycles. The Morgan fingerprint density at radius 3 is 2.68 bits per heavy atom. The van der Waals surface area contributed by atoms with Crippen LogP contribution >= 0.6 is 11.3 Å². The summed E-state index contributed by atoms with van der Waals surface area (Å²) in [5.41, 5.74) is 1.81. The van der Waals surface area contributed by atoms with E-state index in [9.17, 15) is 4.79 Å². The number of carbonyl (C=O) groups is 1. The molecule has 0 saturated carbocycles. The summed E-state index contributed by atoms with van der Waals surface area (Å²) in [6.07, 6.45) is 0.441. The van der Waals surface area contributed by atoms with Crippen LogP contribution in [0.4, 0.5) is 0 Å². The maximum atomic E-state index is 12.6. The lowest BCUT2D eigenvalue weighted by atomic mass is 9.86. The first-order valence-electron chi connectivity index (χ1n) is 9.45. The summed E-state index contributed by atoms with van der Waals surface area (Å²) < 4.78 is 7.63. The average molecular weight is 393 g/mol. The quantitative estimate of drug-likeness (QED) is 0.681. The molecule has 1 atom stereocenters. The van der Waals surface area contributed by atoms with Gasteiger partial charge >= 0.3 is 0 Å². The van der Waals surface area contributed by atoms with Gasteiger partial charge in [-0.15, -0.1) is 17.3 Å². The Kier molecular flexibility index (Phi) is 5.11. The van der Waals surface area contributed by atoms with Crippen molar-refractivity contribution in [2.45, 2.75) is 25.8 Å². The van der Waals surface area contributed by atoms with Crippen molar-refractivity contribution in [2.24, 2.45) is 0 Å². The Balaban J connectivity index is 1.70. The highest BCUT2D eigenvalue weighted by atomic mass is 32.1. The van der Waals surface area contributed by atoms with Gasteiger partial charge in [0.2, 0.25) is 5.91 Å². The smallest absolute Gasteiger partial charge is 0.225 e. The van der Waals surface area contributed by atoms with Crippen molar-refractivity contribution in [3.8, 4) is 11.8 Å². The second-order valence-electron chi connectivity index (χ2n) is 7.39. The van der Waals surface area contributed by atoms with E-state index in [0.29, 0.717) is 26.2 Å². The van der Waals surface area contributed by atoms with E-state index in [1.807, 2.05) is 11.8 Å². The van der Waals surface area contributed by atoms with Crippen LogP contribution in [0.3, 0.4) is 0 Å². The first-order chi connectivity index (χ1) is 13.5. The molecular formula is C23H24N2O2S. The highest BCUT2D eigenvalue weighted by Crippen LogP contribution is 2.38. The van der Waals surface area contributed by atoms with E-state index in [-0.39, 0.29) is 11.4 Å². The predicted octanol–water partition coefficient (Wildman–Crippen LogP) is 4.07. The SMILES string of the molecule is CC#Cc1ccc2sc3ccc(C4(C)CC(=O)N(CCOC)CN4)cc3c2c1. The van der Waals surface area contributed by atoms with Gasteiger partial charge in [0.25, 0.3) is 0 Å². The Labute approximate surface area is 169 Å². The lowest BCUT2D eigenvalue weighted by Gasteiger charge is -2.40. The van der Waals surface area contributed by atoms with Gasteiger partial charge in [0.15, 0.2) is 0 Å². The third kappa shape index (κ3) is 3.40. The highest BCUT2D eigenvalue weighted by molar-refractivity contribution is 7.25. The second-order valence-corrected chi connectivity index (χ2v) is 8.48. The van der Waals surface area contributed by atoms with E-state index in [1.54, 1.807) is 18.4 Å². The molecule has 4 rings (SSSR count). The van der Waals surface area contributed by atoms with Crippen LogP contribution in [0, 0.1) is 11.8 Å². The summed E-state index contributed by atoms with van der Waals surface area (Å²) in [6, 6.07) is 13.0. The number of nitrogens with one attached hydrogen (secondary N) is 1. The van der Waals surface area contributed by atoms with E-state index in [0.717, 1.165) is 11.1 Å². The van der Waals surface area contributed by atoms with Gasteiger partial charge in [-0.3, -0.25) is 10.1 Å². The largest absolute Gasteiger partial charge is 0.383 e. The van der Waals surface area contributed by atoms with Gasteiger partial charge in [-0.1, -0.05) is 12.0 Å². The Hall–Kier alpha value is -2.39. The van der Waals surface area contributed by atoms with Crippen molar-refractivity contribution in [2.75, 3.05) is 26.9 Å². The van der Waals surface area contributed by atoms with Crippen molar-refractivity contribution < 1.29 is 9.53 Å². The molecule has 1 saturated heterocycles. The standard InChI is InChI=1S/C23H24N2O2S/c1-4-5-16-6-8-20-18(12-16)19-13-17(7-9-21(19)28-20)23(2)14-22(26)25(15-24-23)10-11-27-3/h6-9,12-13,24H,10-11,14-15H2,1-3H3. The fourth-order valence-corrected chi connectivity index (χ4v) is 4.85. The van der Waals surface area contributed by atoms with Gasteiger partial charge < -0.3 is 9.64 Å². The average Bonchev–Trinajstić information content (AvgIpc) is 3.05. The number of hydrogen-bond acceptors (Lipinski definition) is 4. The highest BCUT2D eigenvalue weighted by Gasteiger charge is 2.36. The molecular weight excluding hydrogens is 368 g/mol. The summed E-state index contributed by atoms with van der Waals surface area (Å²) in [5.74, 6) is 6.28. The molecule has 4 nitrogen and oxygen atoms in total. The zero-order valence-electron chi connectivity index (χ0n) is 16.5. The fourth-order valence-electron chi connectivity index (χ4n) is 3.79.